The van der Waals surface area contributed by atoms with Crippen LogP contribution in [-0.2, 0) is 0 Å². The van der Waals surface area contributed by atoms with Crippen molar-refractivity contribution >= 4 is 17.5 Å². The summed E-state index contributed by atoms with van der Waals surface area (Å²) >= 11 is 0. The van der Waals surface area contributed by atoms with Gasteiger partial charge in [0.1, 0.15) is 5.69 Å². The molecule has 1 aliphatic rings. The summed E-state index contributed by atoms with van der Waals surface area (Å²) in [5.74, 6) is 0.733. The van der Waals surface area contributed by atoms with Crippen molar-refractivity contribution in [2.45, 2.75) is 38.6 Å². The molecular formula is C13H21N5O3. The highest BCUT2D eigenvalue weighted by Crippen LogP contribution is 2.34. The Hall–Kier alpha value is -1.96. The summed E-state index contributed by atoms with van der Waals surface area (Å²) in [5, 5.41) is 23.4. The number of aliphatic hydroxyl groups is 1. The van der Waals surface area contributed by atoms with Crippen molar-refractivity contribution in [2.24, 2.45) is 0 Å². The summed E-state index contributed by atoms with van der Waals surface area (Å²) in [6, 6.07) is 0.0847. The lowest BCUT2D eigenvalue weighted by molar-refractivity contribution is -0.385. The van der Waals surface area contributed by atoms with Crippen LogP contribution in [0.2, 0.25) is 0 Å². The van der Waals surface area contributed by atoms with Gasteiger partial charge in [-0.05, 0) is 32.6 Å². The first-order valence-electron chi connectivity index (χ1n) is 7.16. The van der Waals surface area contributed by atoms with E-state index < -0.39 is 4.92 Å². The smallest absolute Gasteiger partial charge is 0.332 e. The van der Waals surface area contributed by atoms with Crippen molar-refractivity contribution in [3.05, 3.63) is 15.8 Å². The molecule has 1 aromatic heterocycles. The van der Waals surface area contributed by atoms with Crippen molar-refractivity contribution in [1.29, 1.82) is 0 Å². The lowest BCUT2D eigenvalue weighted by atomic mass is 9.99. The number of nitrogens with one attached hydrogen (secondary N) is 1. The van der Waals surface area contributed by atoms with Gasteiger partial charge in [-0.15, -0.1) is 0 Å². The molecule has 1 unspecified atom stereocenters. The van der Waals surface area contributed by atoms with Crippen molar-refractivity contribution in [3.8, 4) is 0 Å². The van der Waals surface area contributed by atoms with Crippen molar-refractivity contribution < 1.29 is 10.0 Å². The fourth-order valence-corrected chi connectivity index (χ4v) is 2.81. The van der Waals surface area contributed by atoms with Gasteiger partial charge in [0.15, 0.2) is 0 Å². The average Bonchev–Trinajstić information content (AvgIpc) is 2.46. The summed E-state index contributed by atoms with van der Waals surface area (Å²) in [7, 11) is 1.69. The molecule has 0 bridgehead atoms. The Bertz CT molecular complexity index is 521. The lowest BCUT2D eigenvalue weighted by Crippen LogP contribution is -2.41. The van der Waals surface area contributed by atoms with E-state index in [1.807, 2.05) is 4.90 Å². The normalized spacial score (nSPS) is 18.6. The molecule has 1 atom stereocenters. The molecule has 8 nitrogen and oxygen atoms in total. The molecule has 2 N–H and O–H groups in total. The van der Waals surface area contributed by atoms with Gasteiger partial charge < -0.3 is 15.3 Å². The van der Waals surface area contributed by atoms with Crippen LogP contribution in [0.3, 0.4) is 0 Å². The molecule has 21 heavy (non-hydrogen) atoms. The van der Waals surface area contributed by atoms with Gasteiger partial charge in [-0.2, -0.15) is 4.98 Å². The summed E-state index contributed by atoms with van der Waals surface area (Å²) < 4.78 is 0. The predicted molar refractivity (Wildman–Crippen MR) is 79.7 cm³/mol. The monoisotopic (exact) mass is 295 g/mol. The van der Waals surface area contributed by atoms with E-state index in [4.69, 9.17) is 0 Å². The fourth-order valence-electron chi connectivity index (χ4n) is 2.81. The van der Waals surface area contributed by atoms with Crippen LogP contribution in [0.5, 0.6) is 0 Å². The Balaban J connectivity index is 2.48. The molecule has 0 radical (unpaired) electrons. The van der Waals surface area contributed by atoms with Gasteiger partial charge in [0.25, 0.3) is 0 Å². The van der Waals surface area contributed by atoms with Gasteiger partial charge in [0.2, 0.25) is 11.8 Å². The maximum absolute atomic E-state index is 11.4. The maximum Gasteiger partial charge on any atom is 0.332 e. The van der Waals surface area contributed by atoms with Crippen LogP contribution >= 0.6 is 0 Å². The van der Waals surface area contributed by atoms with Gasteiger partial charge in [-0.25, -0.2) is 4.98 Å². The number of rotatable bonds is 5. The zero-order valence-electron chi connectivity index (χ0n) is 12.4. The van der Waals surface area contributed by atoms with Crippen LogP contribution < -0.4 is 10.2 Å². The summed E-state index contributed by atoms with van der Waals surface area (Å²) in [6.45, 7) is 2.40. The third-order valence-electron chi connectivity index (χ3n) is 3.81. The minimum Gasteiger partial charge on any atom is -0.396 e. The number of hydrogen-bond acceptors (Lipinski definition) is 7. The van der Waals surface area contributed by atoms with Gasteiger partial charge in [0.05, 0.1) is 4.92 Å². The summed E-state index contributed by atoms with van der Waals surface area (Å²) in [6.07, 6.45) is 3.54. The van der Waals surface area contributed by atoms with E-state index in [2.05, 4.69) is 15.3 Å². The second kappa shape index (κ2) is 6.66. The number of aryl methyl sites for hydroxylation is 1. The fraction of sp³-hybridized carbons (Fsp3) is 0.692. The highest BCUT2D eigenvalue weighted by atomic mass is 16.6. The number of nitro groups is 1. The molecule has 0 saturated carbocycles. The largest absolute Gasteiger partial charge is 0.396 e. The maximum atomic E-state index is 11.4. The highest BCUT2D eigenvalue weighted by Gasteiger charge is 2.31. The molecular weight excluding hydrogens is 274 g/mol. The Morgan fingerprint density at radius 3 is 2.86 bits per heavy atom. The van der Waals surface area contributed by atoms with E-state index in [1.165, 1.54) is 0 Å². The third-order valence-corrected chi connectivity index (χ3v) is 3.81. The number of nitrogens with zero attached hydrogens (tertiary/aromatic N) is 4. The summed E-state index contributed by atoms with van der Waals surface area (Å²) in [4.78, 5) is 21.3. The molecule has 2 rings (SSSR count). The second-order valence-electron chi connectivity index (χ2n) is 5.17. The van der Waals surface area contributed by atoms with E-state index in [-0.39, 0.29) is 18.3 Å². The zero-order chi connectivity index (χ0) is 15.4. The van der Waals surface area contributed by atoms with E-state index in [9.17, 15) is 15.2 Å². The zero-order valence-corrected chi connectivity index (χ0v) is 12.4. The Morgan fingerprint density at radius 1 is 1.48 bits per heavy atom. The molecule has 0 aromatic carbocycles. The molecule has 1 fully saturated rings. The first-order valence-corrected chi connectivity index (χ1v) is 7.16. The van der Waals surface area contributed by atoms with Crippen LogP contribution in [0.1, 0.15) is 31.4 Å². The molecule has 1 aromatic rings. The number of aromatic nitrogens is 2. The molecule has 8 heteroatoms. The molecule has 1 saturated heterocycles. The lowest BCUT2D eigenvalue weighted by Gasteiger charge is -2.36. The van der Waals surface area contributed by atoms with Crippen LogP contribution in [0.15, 0.2) is 0 Å². The quantitative estimate of drug-likeness (QED) is 0.626. The van der Waals surface area contributed by atoms with E-state index in [1.54, 1.807) is 14.0 Å². The van der Waals surface area contributed by atoms with E-state index in [0.29, 0.717) is 30.4 Å². The predicted octanol–water partition coefficient (Wildman–Crippen LogP) is 1.48. The Morgan fingerprint density at radius 2 is 2.24 bits per heavy atom. The molecule has 0 amide bonds. The van der Waals surface area contributed by atoms with Gasteiger partial charge >= 0.3 is 5.69 Å². The van der Waals surface area contributed by atoms with Crippen molar-refractivity contribution in [1.82, 2.24) is 9.97 Å². The number of aliphatic hydroxyl groups excluding tert-OH is 1. The van der Waals surface area contributed by atoms with Crippen molar-refractivity contribution in [2.75, 3.05) is 30.4 Å². The number of hydrogen-bond donors (Lipinski definition) is 2. The van der Waals surface area contributed by atoms with Crippen LogP contribution in [0.25, 0.3) is 0 Å². The highest BCUT2D eigenvalue weighted by molar-refractivity contribution is 5.63. The van der Waals surface area contributed by atoms with Gasteiger partial charge in [-0.3, -0.25) is 10.1 Å². The van der Waals surface area contributed by atoms with Gasteiger partial charge in [-0.1, -0.05) is 0 Å². The van der Waals surface area contributed by atoms with E-state index in [0.717, 1.165) is 19.3 Å². The van der Waals surface area contributed by atoms with Crippen LogP contribution in [-0.4, -0.2) is 46.2 Å². The average molecular weight is 295 g/mol. The van der Waals surface area contributed by atoms with Crippen LogP contribution in [0.4, 0.5) is 17.5 Å². The second-order valence-corrected chi connectivity index (χ2v) is 5.17. The molecule has 116 valence electrons. The van der Waals surface area contributed by atoms with Crippen LogP contribution in [0, 0.1) is 17.0 Å². The Labute approximate surface area is 123 Å². The Kier molecular flexibility index (Phi) is 4.89. The van der Waals surface area contributed by atoms with E-state index >= 15 is 0 Å². The molecule has 0 spiro atoms. The minimum atomic E-state index is -0.422. The molecule has 2 heterocycles. The first kappa shape index (κ1) is 15.4. The topological polar surface area (TPSA) is 104 Å². The number of piperidine rings is 1. The SMILES string of the molecule is CNc1nc(C)c([N+](=O)[O-])c(N2CCCCC2CCO)n1. The third kappa shape index (κ3) is 3.21. The molecule has 1 aliphatic heterocycles. The standard InChI is InChI=1S/C13H21N5O3/c1-9-11(18(20)21)12(16-13(14-2)15-9)17-7-4-3-5-10(17)6-8-19/h10,19H,3-8H2,1-2H3,(H,14,15,16). The molecule has 0 aliphatic carbocycles. The minimum absolute atomic E-state index is 0.0427. The number of anilines is 2. The first-order chi connectivity index (χ1) is 10.1. The van der Waals surface area contributed by atoms with Crippen molar-refractivity contribution in [3.63, 3.8) is 0 Å². The summed E-state index contributed by atoms with van der Waals surface area (Å²) in [5.41, 5.74) is 0.307. The van der Waals surface area contributed by atoms with Gasteiger partial charge in [0, 0.05) is 26.2 Å².